The summed E-state index contributed by atoms with van der Waals surface area (Å²) in [5.74, 6) is -0.461. The van der Waals surface area contributed by atoms with Crippen molar-refractivity contribution < 1.29 is 13.2 Å². The summed E-state index contributed by atoms with van der Waals surface area (Å²) in [7, 11) is -3.71. The van der Waals surface area contributed by atoms with Gasteiger partial charge in [-0.15, -0.1) is 0 Å². The summed E-state index contributed by atoms with van der Waals surface area (Å²) < 4.78 is 27.3. The van der Waals surface area contributed by atoms with Crippen molar-refractivity contribution >= 4 is 51.0 Å². The Morgan fingerprint density at radius 2 is 1.63 bits per heavy atom. The first-order chi connectivity index (χ1) is 14.3. The molecule has 0 bridgehead atoms. The lowest BCUT2D eigenvalue weighted by Gasteiger charge is -2.09. The molecule has 0 saturated heterocycles. The number of rotatable bonds is 6. The van der Waals surface area contributed by atoms with Gasteiger partial charge in [-0.1, -0.05) is 53.0 Å². The van der Waals surface area contributed by atoms with E-state index in [9.17, 15) is 13.2 Å². The Morgan fingerprint density at radius 1 is 0.967 bits per heavy atom. The highest BCUT2D eigenvalue weighted by molar-refractivity contribution is 7.92. The number of hydrogen-bond acceptors (Lipinski definition) is 4. The van der Waals surface area contributed by atoms with Crippen LogP contribution in [0.1, 0.15) is 21.5 Å². The van der Waals surface area contributed by atoms with Crippen LogP contribution in [0, 0.1) is 6.92 Å². The van der Waals surface area contributed by atoms with Gasteiger partial charge in [-0.05, 0) is 49.4 Å². The Balaban J connectivity index is 1.65. The van der Waals surface area contributed by atoms with E-state index in [0.717, 1.165) is 5.56 Å². The average molecular weight is 462 g/mol. The van der Waals surface area contributed by atoms with Gasteiger partial charge in [-0.25, -0.2) is 13.8 Å². The zero-order chi connectivity index (χ0) is 21.7. The molecule has 154 valence electrons. The number of nitrogens with one attached hydrogen (secondary N) is 2. The van der Waals surface area contributed by atoms with Crippen LogP contribution in [-0.2, 0) is 10.0 Å². The first-order valence-electron chi connectivity index (χ1n) is 8.73. The van der Waals surface area contributed by atoms with Crippen molar-refractivity contribution in [3.63, 3.8) is 0 Å². The molecule has 0 heterocycles. The van der Waals surface area contributed by atoms with Gasteiger partial charge in [0.2, 0.25) is 0 Å². The number of nitrogens with zero attached hydrogens (tertiary/aromatic N) is 1. The molecule has 0 aliphatic heterocycles. The number of carbonyl (C=O) groups excluding carboxylic acids is 1. The highest BCUT2D eigenvalue weighted by Crippen LogP contribution is 2.24. The maximum atomic E-state index is 12.4. The molecule has 1 amide bonds. The molecule has 0 spiro atoms. The molecule has 9 heteroatoms. The van der Waals surface area contributed by atoms with Crippen molar-refractivity contribution in [3.8, 4) is 0 Å². The minimum atomic E-state index is -3.71. The molecule has 6 nitrogen and oxygen atoms in total. The fourth-order valence-corrected chi connectivity index (χ4v) is 3.88. The largest absolute Gasteiger partial charge is 0.280 e. The van der Waals surface area contributed by atoms with Crippen LogP contribution in [-0.4, -0.2) is 20.5 Å². The van der Waals surface area contributed by atoms with Gasteiger partial charge in [0.25, 0.3) is 15.9 Å². The lowest BCUT2D eigenvalue weighted by Crippen LogP contribution is -2.18. The standard InChI is InChI=1S/C21H17Cl2N3O3S/c1-14-5-11-18(12-6-14)30(28,29)26-17-9-7-15(8-10-17)21(27)25-24-13-16-3-2-4-19(22)20(16)23/h2-13,26H,1H3,(H,25,27)/b24-13+. The molecule has 3 rings (SSSR count). The smallest absolute Gasteiger partial charge is 0.271 e. The molecule has 0 aliphatic rings. The summed E-state index contributed by atoms with van der Waals surface area (Å²) in [6.45, 7) is 1.88. The number of anilines is 1. The minimum absolute atomic E-state index is 0.156. The van der Waals surface area contributed by atoms with E-state index in [4.69, 9.17) is 23.2 Å². The molecule has 2 N–H and O–H groups in total. The van der Waals surface area contributed by atoms with E-state index in [1.807, 2.05) is 6.92 Å². The van der Waals surface area contributed by atoms with Crippen molar-refractivity contribution in [1.29, 1.82) is 0 Å². The van der Waals surface area contributed by atoms with E-state index >= 15 is 0 Å². The van der Waals surface area contributed by atoms with Gasteiger partial charge < -0.3 is 0 Å². The number of hydrogen-bond donors (Lipinski definition) is 2. The molecule has 0 aliphatic carbocycles. The number of halogens is 2. The molecule has 0 radical (unpaired) electrons. The van der Waals surface area contributed by atoms with Gasteiger partial charge >= 0.3 is 0 Å². The predicted octanol–water partition coefficient (Wildman–Crippen LogP) is 4.87. The molecule has 0 unspecified atom stereocenters. The molecule has 0 aromatic heterocycles. The summed E-state index contributed by atoms with van der Waals surface area (Å²) >= 11 is 12.0. The fraction of sp³-hybridized carbons (Fsp3) is 0.0476. The number of amides is 1. The second kappa shape index (κ2) is 9.30. The molecule has 0 atom stereocenters. The van der Waals surface area contributed by atoms with Crippen LogP contribution in [0.3, 0.4) is 0 Å². The molecule has 0 fully saturated rings. The third kappa shape index (κ3) is 5.38. The van der Waals surface area contributed by atoms with Crippen LogP contribution in [0.4, 0.5) is 5.69 Å². The van der Waals surface area contributed by atoms with E-state index in [1.165, 1.54) is 42.6 Å². The second-order valence-corrected chi connectivity index (χ2v) is 8.81. The number of sulfonamides is 1. The number of hydrazone groups is 1. The molecule has 0 saturated carbocycles. The predicted molar refractivity (Wildman–Crippen MR) is 120 cm³/mol. The van der Waals surface area contributed by atoms with Gasteiger partial charge in [0.1, 0.15) is 0 Å². The van der Waals surface area contributed by atoms with Crippen molar-refractivity contribution in [2.24, 2.45) is 5.10 Å². The number of aryl methyl sites for hydroxylation is 1. The van der Waals surface area contributed by atoms with E-state index < -0.39 is 15.9 Å². The molecular formula is C21H17Cl2N3O3S. The topological polar surface area (TPSA) is 87.6 Å². The van der Waals surface area contributed by atoms with E-state index in [2.05, 4.69) is 15.2 Å². The lowest BCUT2D eigenvalue weighted by atomic mass is 10.2. The molecule has 30 heavy (non-hydrogen) atoms. The summed E-state index contributed by atoms with van der Waals surface area (Å²) in [6, 6.07) is 17.6. The third-order valence-electron chi connectivity index (χ3n) is 4.08. The van der Waals surface area contributed by atoms with Gasteiger partial charge in [-0.3, -0.25) is 9.52 Å². The Bertz CT molecular complexity index is 1190. The van der Waals surface area contributed by atoms with Crippen LogP contribution in [0.2, 0.25) is 10.0 Å². The minimum Gasteiger partial charge on any atom is -0.280 e. The van der Waals surface area contributed by atoms with E-state index in [1.54, 1.807) is 30.3 Å². The van der Waals surface area contributed by atoms with Crippen LogP contribution in [0.5, 0.6) is 0 Å². The second-order valence-electron chi connectivity index (χ2n) is 6.34. The van der Waals surface area contributed by atoms with Crippen LogP contribution in [0.15, 0.2) is 76.7 Å². The summed E-state index contributed by atoms with van der Waals surface area (Å²) in [5.41, 5.74) is 4.55. The average Bonchev–Trinajstić information content (AvgIpc) is 2.71. The maximum absolute atomic E-state index is 12.4. The van der Waals surface area contributed by atoms with Crippen molar-refractivity contribution in [2.75, 3.05) is 4.72 Å². The SMILES string of the molecule is Cc1ccc(S(=O)(=O)Nc2ccc(C(=O)N/N=C/c3cccc(Cl)c3Cl)cc2)cc1. The van der Waals surface area contributed by atoms with Gasteiger partial charge in [0.05, 0.1) is 21.2 Å². The quantitative estimate of drug-likeness (QED) is 0.405. The van der Waals surface area contributed by atoms with E-state index in [-0.39, 0.29) is 4.90 Å². The third-order valence-corrected chi connectivity index (χ3v) is 6.31. The van der Waals surface area contributed by atoms with Crippen molar-refractivity contribution in [1.82, 2.24) is 5.43 Å². The lowest BCUT2D eigenvalue weighted by molar-refractivity contribution is 0.0955. The van der Waals surface area contributed by atoms with Crippen LogP contribution < -0.4 is 10.1 Å². The number of benzene rings is 3. The Kier molecular flexibility index (Phi) is 6.77. The zero-order valence-corrected chi connectivity index (χ0v) is 18.1. The van der Waals surface area contributed by atoms with Crippen LogP contribution >= 0.6 is 23.2 Å². The molecule has 3 aromatic rings. The van der Waals surface area contributed by atoms with Crippen molar-refractivity contribution in [3.05, 3.63) is 93.5 Å². The van der Waals surface area contributed by atoms with E-state index in [0.29, 0.717) is 26.9 Å². The zero-order valence-electron chi connectivity index (χ0n) is 15.8. The molecule has 3 aromatic carbocycles. The summed E-state index contributed by atoms with van der Waals surface area (Å²) in [5, 5.41) is 4.59. The fourth-order valence-electron chi connectivity index (χ4n) is 2.47. The van der Waals surface area contributed by atoms with Crippen molar-refractivity contribution in [2.45, 2.75) is 11.8 Å². The monoisotopic (exact) mass is 461 g/mol. The first-order valence-corrected chi connectivity index (χ1v) is 11.0. The highest BCUT2D eigenvalue weighted by Gasteiger charge is 2.14. The normalized spacial score (nSPS) is 11.4. The van der Waals surface area contributed by atoms with Crippen LogP contribution in [0.25, 0.3) is 0 Å². The summed E-state index contributed by atoms with van der Waals surface area (Å²) in [4.78, 5) is 12.4. The Labute approximate surface area is 184 Å². The van der Waals surface area contributed by atoms with Gasteiger partial charge in [0.15, 0.2) is 0 Å². The maximum Gasteiger partial charge on any atom is 0.271 e. The Hall–Kier alpha value is -2.87. The summed E-state index contributed by atoms with van der Waals surface area (Å²) in [6.07, 6.45) is 1.39. The highest BCUT2D eigenvalue weighted by atomic mass is 35.5. The van der Waals surface area contributed by atoms with Gasteiger partial charge in [0, 0.05) is 16.8 Å². The molecular weight excluding hydrogens is 445 g/mol. The first kappa shape index (κ1) is 21.8. The van der Waals surface area contributed by atoms with Gasteiger partial charge in [-0.2, -0.15) is 5.10 Å². The number of carbonyl (C=O) groups is 1. The Morgan fingerprint density at radius 3 is 2.30 bits per heavy atom.